The maximum absolute atomic E-state index is 5.40. The molecule has 0 aliphatic rings. The largest absolute Gasteiger partial charge is 0.496 e. The topological polar surface area (TPSA) is 21.3 Å². The molecule has 1 N–H and O–H groups in total. The molecule has 1 unspecified atom stereocenters. The lowest BCUT2D eigenvalue weighted by Crippen LogP contribution is -2.30. The first-order valence-electron chi connectivity index (χ1n) is 7.32. The summed E-state index contributed by atoms with van der Waals surface area (Å²) in [6, 6.07) is 19.2. The van der Waals surface area contributed by atoms with Crippen molar-refractivity contribution in [2.45, 2.75) is 24.3 Å². The van der Waals surface area contributed by atoms with Gasteiger partial charge in [0.2, 0.25) is 0 Å². The van der Waals surface area contributed by atoms with Gasteiger partial charge < -0.3 is 10.1 Å². The number of hydrogen-bond donors (Lipinski definition) is 1. The van der Waals surface area contributed by atoms with Crippen LogP contribution in [-0.4, -0.2) is 25.4 Å². The number of nitrogens with one attached hydrogen (secondary N) is 1. The van der Waals surface area contributed by atoms with E-state index in [1.807, 2.05) is 23.9 Å². The predicted molar refractivity (Wildman–Crippen MR) is 91.3 cm³/mol. The minimum atomic E-state index is 0.442. The first-order chi connectivity index (χ1) is 10.3. The molecule has 2 aromatic rings. The summed E-state index contributed by atoms with van der Waals surface area (Å²) in [5, 5.41) is 3.58. The molecule has 1 atom stereocenters. The molecule has 3 heteroatoms. The van der Waals surface area contributed by atoms with Crippen molar-refractivity contribution in [2.75, 3.05) is 19.4 Å². The minimum Gasteiger partial charge on any atom is -0.496 e. The summed E-state index contributed by atoms with van der Waals surface area (Å²) in [6.07, 6.45) is 0.986. The van der Waals surface area contributed by atoms with Crippen LogP contribution in [0.1, 0.15) is 12.5 Å². The Morgan fingerprint density at radius 1 is 1.05 bits per heavy atom. The molecule has 0 aliphatic carbocycles. The predicted octanol–water partition coefficient (Wildman–Crippen LogP) is 4.01. The number of ether oxygens (including phenoxy) is 1. The van der Waals surface area contributed by atoms with Crippen molar-refractivity contribution in [3.63, 3.8) is 0 Å². The lowest BCUT2D eigenvalue weighted by molar-refractivity contribution is 0.406. The molecule has 0 aliphatic heterocycles. The highest BCUT2D eigenvalue weighted by atomic mass is 32.2. The highest BCUT2D eigenvalue weighted by molar-refractivity contribution is 7.99. The summed E-state index contributed by atoms with van der Waals surface area (Å²) >= 11 is 1.89. The molecule has 0 radical (unpaired) electrons. The van der Waals surface area contributed by atoms with Crippen LogP contribution < -0.4 is 10.1 Å². The Hall–Kier alpha value is -1.45. The maximum atomic E-state index is 5.40. The number of rotatable bonds is 8. The lowest BCUT2D eigenvalue weighted by atomic mass is 10.1. The molecule has 0 saturated carbocycles. The van der Waals surface area contributed by atoms with Crippen LogP contribution in [0.5, 0.6) is 5.75 Å². The highest BCUT2D eigenvalue weighted by Gasteiger charge is 2.07. The van der Waals surface area contributed by atoms with Crippen molar-refractivity contribution < 1.29 is 4.74 Å². The van der Waals surface area contributed by atoms with Crippen LogP contribution in [0.3, 0.4) is 0 Å². The van der Waals surface area contributed by atoms with E-state index in [4.69, 9.17) is 4.74 Å². The summed E-state index contributed by atoms with van der Waals surface area (Å²) < 4.78 is 5.40. The SMILES string of the molecule is COc1ccccc1CC(C)NCCSc1ccccc1. The summed E-state index contributed by atoms with van der Waals surface area (Å²) in [4.78, 5) is 1.33. The third-order valence-corrected chi connectivity index (χ3v) is 4.34. The second-order valence-corrected chi connectivity index (χ2v) is 6.20. The van der Waals surface area contributed by atoms with Crippen molar-refractivity contribution in [2.24, 2.45) is 0 Å². The van der Waals surface area contributed by atoms with E-state index in [9.17, 15) is 0 Å². The number of methoxy groups -OCH3 is 1. The second kappa shape index (κ2) is 8.75. The van der Waals surface area contributed by atoms with Crippen LogP contribution in [0.25, 0.3) is 0 Å². The third-order valence-electron chi connectivity index (χ3n) is 3.33. The fraction of sp³-hybridized carbons (Fsp3) is 0.333. The number of hydrogen-bond acceptors (Lipinski definition) is 3. The van der Waals surface area contributed by atoms with Gasteiger partial charge in [-0.05, 0) is 37.1 Å². The molecular weight excluding hydrogens is 278 g/mol. The standard InChI is InChI=1S/C18H23NOS/c1-15(14-16-8-6-7-11-18(16)20-2)19-12-13-21-17-9-4-3-5-10-17/h3-11,15,19H,12-14H2,1-2H3. The molecule has 0 spiro atoms. The Bertz CT molecular complexity index is 530. The minimum absolute atomic E-state index is 0.442. The third kappa shape index (κ3) is 5.44. The van der Waals surface area contributed by atoms with E-state index in [0.29, 0.717) is 6.04 Å². The van der Waals surface area contributed by atoms with E-state index in [0.717, 1.165) is 24.5 Å². The normalized spacial score (nSPS) is 12.1. The highest BCUT2D eigenvalue weighted by Crippen LogP contribution is 2.19. The van der Waals surface area contributed by atoms with Crippen LogP contribution in [0.2, 0.25) is 0 Å². The van der Waals surface area contributed by atoms with Gasteiger partial charge >= 0.3 is 0 Å². The smallest absolute Gasteiger partial charge is 0.122 e. The van der Waals surface area contributed by atoms with Gasteiger partial charge in [-0.3, -0.25) is 0 Å². The van der Waals surface area contributed by atoms with Crippen LogP contribution >= 0.6 is 11.8 Å². The van der Waals surface area contributed by atoms with Gasteiger partial charge in [0.05, 0.1) is 7.11 Å². The van der Waals surface area contributed by atoms with Crippen LogP contribution in [0.4, 0.5) is 0 Å². The molecule has 112 valence electrons. The van der Waals surface area contributed by atoms with E-state index in [-0.39, 0.29) is 0 Å². The zero-order valence-electron chi connectivity index (χ0n) is 12.7. The van der Waals surface area contributed by atoms with Gasteiger partial charge in [0.15, 0.2) is 0 Å². The molecule has 0 amide bonds. The summed E-state index contributed by atoms with van der Waals surface area (Å²) in [5.41, 5.74) is 1.26. The molecule has 0 heterocycles. The summed E-state index contributed by atoms with van der Waals surface area (Å²) in [6.45, 7) is 3.23. The number of para-hydroxylation sites is 1. The quantitative estimate of drug-likeness (QED) is 0.588. The lowest BCUT2D eigenvalue weighted by Gasteiger charge is -2.15. The van der Waals surface area contributed by atoms with Crippen LogP contribution in [0.15, 0.2) is 59.5 Å². The van der Waals surface area contributed by atoms with Gasteiger partial charge in [0.25, 0.3) is 0 Å². The molecule has 2 nitrogen and oxygen atoms in total. The van der Waals surface area contributed by atoms with Crippen LogP contribution in [-0.2, 0) is 6.42 Å². The zero-order valence-corrected chi connectivity index (χ0v) is 13.5. The van der Waals surface area contributed by atoms with Gasteiger partial charge in [0, 0.05) is 23.2 Å². The summed E-state index contributed by atoms with van der Waals surface area (Å²) in [5.74, 6) is 2.06. The van der Waals surface area contributed by atoms with Gasteiger partial charge in [-0.25, -0.2) is 0 Å². The Kier molecular flexibility index (Phi) is 6.64. The Balaban J connectivity index is 1.71. The molecule has 2 aromatic carbocycles. The van der Waals surface area contributed by atoms with Gasteiger partial charge in [-0.2, -0.15) is 0 Å². The molecular formula is C18H23NOS. The zero-order chi connectivity index (χ0) is 14.9. The maximum Gasteiger partial charge on any atom is 0.122 e. The van der Waals surface area contributed by atoms with E-state index < -0.39 is 0 Å². The van der Waals surface area contributed by atoms with Gasteiger partial charge in [-0.15, -0.1) is 11.8 Å². The van der Waals surface area contributed by atoms with E-state index in [1.165, 1.54) is 10.5 Å². The molecule has 21 heavy (non-hydrogen) atoms. The first-order valence-corrected chi connectivity index (χ1v) is 8.31. The van der Waals surface area contributed by atoms with Gasteiger partial charge in [0.1, 0.15) is 5.75 Å². The Morgan fingerprint density at radius 3 is 2.52 bits per heavy atom. The Labute approximate surface area is 131 Å². The molecule has 0 bridgehead atoms. The van der Waals surface area contributed by atoms with E-state index >= 15 is 0 Å². The van der Waals surface area contributed by atoms with Crippen molar-refractivity contribution in [1.29, 1.82) is 0 Å². The number of thioether (sulfide) groups is 1. The fourth-order valence-corrected chi connectivity index (χ4v) is 3.07. The van der Waals surface area contributed by atoms with Crippen LogP contribution in [0, 0.1) is 0 Å². The fourth-order valence-electron chi connectivity index (χ4n) is 2.26. The number of benzene rings is 2. The van der Waals surface area contributed by atoms with Crippen molar-refractivity contribution in [3.05, 3.63) is 60.2 Å². The molecule has 0 saturated heterocycles. The van der Waals surface area contributed by atoms with E-state index in [2.05, 4.69) is 54.7 Å². The van der Waals surface area contributed by atoms with Crippen molar-refractivity contribution >= 4 is 11.8 Å². The first kappa shape index (κ1) is 15.9. The monoisotopic (exact) mass is 301 g/mol. The summed E-state index contributed by atoms with van der Waals surface area (Å²) in [7, 11) is 1.73. The average molecular weight is 301 g/mol. The second-order valence-electron chi connectivity index (χ2n) is 5.03. The van der Waals surface area contributed by atoms with E-state index in [1.54, 1.807) is 7.11 Å². The van der Waals surface area contributed by atoms with Crippen molar-refractivity contribution in [3.8, 4) is 5.75 Å². The average Bonchev–Trinajstić information content (AvgIpc) is 2.53. The Morgan fingerprint density at radius 2 is 1.76 bits per heavy atom. The molecule has 0 fully saturated rings. The molecule has 0 aromatic heterocycles. The molecule has 2 rings (SSSR count). The van der Waals surface area contributed by atoms with Gasteiger partial charge in [-0.1, -0.05) is 36.4 Å². The van der Waals surface area contributed by atoms with Crippen molar-refractivity contribution in [1.82, 2.24) is 5.32 Å².